The molecule has 0 aromatic carbocycles. The summed E-state index contributed by atoms with van der Waals surface area (Å²) in [6, 6.07) is 1.48. The molecule has 1 heterocycles. The van der Waals surface area contributed by atoms with Gasteiger partial charge in [0.15, 0.2) is 0 Å². The van der Waals surface area contributed by atoms with Gasteiger partial charge in [-0.3, -0.25) is 24.6 Å². The molecule has 98 valence electrons. The number of rotatable bonds is 5. The number of hydrogen-bond acceptors (Lipinski definition) is 5. The summed E-state index contributed by atoms with van der Waals surface area (Å²) in [5.41, 5.74) is 0. The number of hydrogen-bond donors (Lipinski definition) is 2. The molecule has 2 N–H and O–H groups in total. The molecule has 7 nitrogen and oxygen atoms in total. The third-order valence-electron chi connectivity index (χ3n) is 2.63. The maximum Gasteiger partial charge on any atom is 0.246 e. The highest BCUT2D eigenvalue weighted by Gasteiger charge is 2.33. The second kappa shape index (κ2) is 6.71. The lowest BCUT2D eigenvalue weighted by molar-refractivity contribution is -0.152. The SMILES string of the molecule is CCC1NCC(=O)N(CC(=O)NCCC#N)C1=O. The Morgan fingerprint density at radius 2 is 2.33 bits per heavy atom. The fourth-order valence-corrected chi connectivity index (χ4v) is 1.65. The van der Waals surface area contributed by atoms with E-state index in [2.05, 4.69) is 10.6 Å². The Balaban J connectivity index is 2.53. The summed E-state index contributed by atoms with van der Waals surface area (Å²) in [7, 11) is 0. The molecule has 7 heteroatoms. The van der Waals surface area contributed by atoms with E-state index in [1.165, 1.54) is 0 Å². The van der Waals surface area contributed by atoms with Gasteiger partial charge >= 0.3 is 0 Å². The Morgan fingerprint density at radius 1 is 1.61 bits per heavy atom. The molecule has 1 atom stereocenters. The van der Waals surface area contributed by atoms with Gasteiger partial charge in [0, 0.05) is 6.54 Å². The average molecular weight is 252 g/mol. The summed E-state index contributed by atoms with van der Waals surface area (Å²) >= 11 is 0. The minimum Gasteiger partial charge on any atom is -0.354 e. The summed E-state index contributed by atoms with van der Waals surface area (Å²) < 4.78 is 0. The Kier molecular flexibility index (Phi) is 5.27. The van der Waals surface area contributed by atoms with Crippen molar-refractivity contribution in [3.05, 3.63) is 0 Å². The Hall–Kier alpha value is -1.94. The van der Waals surface area contributed by atoms with Crippen molar-refractivity contribution in [2.45, 2.75) is 25.8 Å². The minimum atomic E-state index is -0.427. The van der Waals surface area contributed by atoms with Crippen LogP contribution in [0.2, 0.25) is 0 Å². The van der Waals surface area contributed by atoms with Crippen LogP contribution in [0.25, 0.3) is 0 Å². The van der Waals surface area contributed by atoms with Gasteiger partial charge in [-0.05, 0) is 6.42 Å². The largest absolute Gasteiger partial charge is 0.354 e. The van der Waals surface area contributed by atoms with Gasteiger partial charge in [0.1, 0.15) is 6.54 Å². The van der Waals surface area contributed by atoms with Crippen molar-refractivity contribution in [2.75, 3.05) is 19.6 Å². The molecule has 0 radical (unpaired) electrons. The molecule has 0 aromatic rings. The number of amides is 3. The van der Waals surface area contributed by atoms with Crippen molar-refractivity contribution in [3.8, 4) is 6.07 Å². The molecule has 1 rings (SSSR count). The third kappa shape index (κ3) is 3.53. The molecule has 1 unspecified atom stereocenters. The van der Waals surface area contributed by atoms with Crippen molar-refractivity contribution in [1.29, 1.82) is 5.26 Å². The Morgan fingerprint density at radius 3 is 2.94 bits per heavy atom. The highest BCUT2D eigenvalue weighted by Crippen LogP contribution is 2.05. The summed E-state index contributed by atoms with van der Waals surface area (Å²) in [5, 5.41) is 13.6. The van der Waals surface area contributed by atoms with E-state index < -0.39 is 17.9 Å². The Labute approximate surface area is 105 Å². The Bertz CT molecular complexity index is 388. The van der Waals surface area contributed by atoms with E-state index in [0.29, 0.717) is 6.42 Å². The molecule has 1 fully saturated rings. The van der Waals surface area contributed by atoms with E-state index in [-0.39, 0.29) is 32.0 Å². The summed E-state index contributed by atoms with van der Waals surface area (Å²) in [4.78, 5) is 35.8. The molecule has 0 saturated carbocycles. The molecule has 1 aliphatic rings. The van der Waals surface area contributed by atoms with Crippen LogP contribution in [-0.2, 0) is 14.4 Å². The van der Waals surface area contributed by atoms with Crippen molar-refractivity contribution in [3.63, 3.8) is 0 Å². The molecule has 1 saturated heterocycles. The van der Waals surface area contributed by atoms with Crippen LogP contribution in [-0.4, -0.2) is 48.3 Å². The van der Waals surface area contributed by atoms with E-state index in [1.54, 1.807) is 0 Å². The first kappa shape index (κ1) is 14.1. The number of carbonyl (C=O) groups is 3. The van der Waals surface area contributed by atoms with Gasteiger partial charge in [0.05, 0.1) is 25.1 Å². The maximum atomic E-state index is 11.8. The molecule has 0 aliphatic carbocycles. The van der Waals surface area contributed by atoms with Crippen LogP contribution in [0.4, 0.5) is 0 Å². The first-order chi connectivity index (χ1) is 8.60. The minimum absolute atomic E-state index is 0.0652. The monoisotopic (exact) mass is 252 g/mol. The summed E-state index contributed by atoms with van der Waals surface area (Å²) in [6.07, 6.45) is 0.769. The van der Waals surface area contributed by atoms with Gasteiger partial charge < -0.3 is 5.32 Å². The third-order valence-corrected chi connectivity index (χ3v) is 2.63. The standard InChI is InChI=1S/C11H16N4O3/c1-2-8-11(18)15(10(17)6-14-8)7-9(16)13-5-3-4-12/h8,14H,2-3,5-7H2,1H3,(H,13,16). The first-order valence-electron chi connectivity index (χ1n) is 5.81. The lowest BCUT2D eigenvalue weighted by atomic mass is 10.1. The second-order valence-electron chi connectivity index (χ2n) is 3.92. The number of piperazine rings is 1. The molecule has 3 amide bonds. The number of nitrogens with zero attached hydrogens (tertiary/aromatic N) is 2. The fourth-order valence-electron chi connectivity index (χ4n) is 1.65. The topological polar surface area (TPSA) is 102 Å². The molecule has 18 heavy (non-hydrogen) atoms. The van der Waals surface area contributed by atoms with Crippen LogP contribution in [0, 0.1) is 11.3 Å². The smallest absolute Gasteiger partial charge is 0.246 e. The van der Waals surface area contributed by atoms with Crippen LogP contribution in [0.5, 0.6) is 0 Å². The summed E-state index contributed by atoms with van der Waals surface area (Å²) in [5.74, 6) is -1.20. The number of nitriles is 1. The number of carbonyl (C=O) groups excluding carboxylic acids is 3. The molecular weight excluding hydrogens is 236 g/mol. The van der Waals surface area contributed by atoms with Crippen LogP contribution < -0.4 is 10.6 Å². The molecule has 1 aliphatic heterocycles. The first-order valence-corrected chi connectivity index (χ1v) is 5.81. The van der Waals surface area contributed by atoms with Crippen LogP contribution in [0.15, 0.2) is 0 Å². The second-order valence-corrected chi connectivity index (χ2v) is 3.92. The van der Waals surface area contributed by atoms with E-state index in [0.717, 1.165) is 4.90 Å². The summed E-state index contributed by atoms with van der Waals surface area (Å²) in [6.45, 7) is 1.84. The fraction of sp³-hybridized carbons (Fsp3) is 0.636. The normalized spacial score (nSPS) is 19.6. The molecule has 0 aromatic heterocycles. The van der Waals surface area contributed by atoms with Gasteiger partial charge in [0.2, 0.25) is 17.7 Å². The van der Waals surface area contributed by atoms with E-state index >= 15 is 0 Å². The zero-order valence-corrected chi connectivity index (χ0v) is 10.2. The van der Waals surface area contributed by atoms with Crippen LogP contribution in [0.1, 0.15) is 19.8 Å². The average Bonchev–Trinajstić information content (AvgIpc) is 2.35. The van der Waals surface area contributed by atoms with Gasteiger partial charge in [-0.15, -0.1) is 0 Å². The van der Waals surface area contributed by atoms with E-state index in [1.807, 2.05) is 13.0 Å². The van der Waals surface area contributed by atoms with Crippen molar-refractivity contribution in [2.24, 2.45) is 0 Å². The van der Waals surface area contributed by atoms with Crippen molar-refractivity contribution in [1.82, 2.24) is 15.5 Å². The highest BCUT2D eigenvalue weighted by molar-refractivity contribution is 6.03. The predicted molar refractivity (Wildman–Crippen MR) is 62.0 cm³/mol. The quantitative estimate of drug-likeness (QED) is 0.470. The van der Waals surface area contributed by atoms with Crippen LogP contribution >= 0.6 is 0 Å². The van der Waals surface area contributed by atoms with Crippen molar-refractivity contribution >= 4 is 17.7 Å². The highest BCUT2D eigenvalue weighted by atomic mass is 16.2. The van der Waals surface area contributed by atoms with Gasteiger partial charge in [-0.1, -0.05) is 6.92 Å². The lowest BCUT2D eigenvalue weighted by Crippen LogP contribution is -2.59. The lowest BCUT2D eigenvalue weighted by Gasteiger charge is -2.30. The van der Waals surface area contributed by atoms with Gasteiger partial charge in [0.25, 0.3) is 0 Å². The number of imide groups is 1. The number of nitrogens with one attached hydrogen (secondary N) is 2. The van der Waals surface area contributed by atoms with E-state index in [4.69, 9.17) is 5.26 Å². The zero-order valence-electron chi connectivity index (χ0n) is 10.2. The van der Waals surface area contributed by atoms with Crippen LogP contribution in [0.3, 0.4) is 0 Å². The molecule has 0 spiro atoms. The molecular formula is C11H16N4O3. The van der Waals surface area contributed by atoms with Gasteiger partial charge in [-0.2, -0.15) is 5.26 Å². The maximum absolute atomic E-state index is 11.8. The predicted octanol–water partition coefficient (Wildman–Crippen LogP) is -1.25. The van der Waals surface area contributed by atoms with Gasteiger partial charge in [-0.25, -0.2) is 0 Å². The van der Waals surface area contributed by atoms with Crippen molar-refractivity contribution < 1.29 is 14.4 Å². The van der Waals surface area contributed by atoms with E-state index in [9.17, 15) is 14.4 Å². The zero-order chi connectivity index (χ0) is 13.5. The molecule has 0 bridgehead atoms.